The van der Waals surface area contributed by atoms with Crippen LogP contribution in [0, 0.1) is 5.92 Å². The maximum atomic E-state index is 13.0. The number of carbonyl (C=O) groups is 4. The van der Waals surface area contributed by atoms with Crippen LogP contribution in [0.3, 0.4) is 0 Å². The highest BCUT2D eigenvalue weighted by Crippen LogP contribution is 2.45. The highest BCUT2D eigenvalue weighted by atomic mass is 31.2. The van der Waals surface area contributed by atoms with E-state index in [0.29, 0.717) is 25.7 Å². The van der Waals surface area contributed by atoms with E-state index in [1.807, 2.05) is 0 Å². The molecule has 3 N–H and O–H groups in total. The fourth-order valence-electron chi connectivity index (χ4n) is 10.1. The van der Waals surface area contributed by atoms with E-state index in [2.05, 4.69) is 34.6 Å². The van der Waals surface area contributed by atoms with Gasteiger partial charge in [0, 0.05) is 25.7 Å². The average molecular weight is 1270 g/mol. The Kier molecular flexibility index (Phi) is 59.2. The van der Waals surface area contributed by atoms with Crippen molar-refractivity contribution in [3.63, 3.8) is 0 Å². The number of hydrogen-bond acceptors (Lipinski definition) is 15. The van der Waals surface area contributed by atoms with Crippen molar-refractivity contribution in [1.82, 2.24) is 0 Å². The smallest absolute Gasteiger partial charge is 0.462 e. The highest BCUT2D eigenvalue weighted by molar-refractivity contribution is 7.47. The average Bonchev–Trinajstić information content (AvgIpc) is 3.56. The fraction of sp³-hybridized carbons (Fsp3) is 0.940. The molecule has 86 heavy (non-hydrogen) atoms. The maximum absolute atomic E-state index is 13.0. The molecule has 0 aliphatic rings. The van der Waals surface area contributed by atoms with Crippen LogP contribution in [-0.4, -0.2) is 96.7 Å². The zero-order chi connectivity index (χ0) is 63.5. The second-order valence-electron chi connectivity index (χ2n) is 24.5. The Hall–Kier alpha value is -1.94. The minimum atomic E-state index is -4.95. The third-order valence-corrected chi connectivity index (χ3v) is 17.8. The van der Waals surface area contributed by atoms with Crippen molar-refractivity contribution >= 4 is 39.5 Å². The molecule has 0 aromatic carbocycles. The SMILES string of the molecule is CCCCCCCCCCCCCCC(=O)OC[C@H](COP(=O)(O)OC[C@@H](O)COP(=O)(O)OC[C@@H](COC(=O)CCCCCCCCCCCCC)OC(=O)CCCCCCCCCCCCC)OC(=O)CCCCCCCCCCC(C)CC. The molecule has 0 saturated carbocycles. The van der Waals surface area contributed by atoms with Crippen LogP contribution in [-0.2, 0) is 65.4 Å². The van der Waals surface area contributed by atoms with Gasteiger partial charge in [0.05, 0.1) is 26.4 Å². The Bertz CT molecular complexity index is 1670. The van der Waals surface area contributed by atoms with Crippen molar-refractivity contribution < 1.29 is 80.2 Å². The predicted octanol–water partition coefficient (Wildman–Crippen LogP) is 19.0. The number of hydrogen-bond donors (Lipinski definition) is 3. The van der Waals surface area contributed by atoms with E-state index in [0.717, 1.165) is 95.8 Å². The number of phosphoric ester groups is 2. The number of aliphatic hydroxyl groups is 1. The van der Waals surface area contributed by atoms with Crippen molar-refractivity contribution in [3.8, 4) is 0 Å². The molecule has 510 valence electrons. The summed E-state index contributed by atoms with van der Waals surface area (Å²) in [4.78, 5) is 72.4. The van der Waals surface area contributed by atoms with Crippen LogP contribution in [0.1, 0.15) is 343 Å². The second kappa shape index (κ2) is 60.6. The molecule has 6 atom stereocenters. The molecule has 0 saturated heterocycles. The van der Waals surface area contributed by atoms with Gasteiger partial charge in [-0.05, 0) is 31.6 Å². The monoisotopic (exact) mass is 1270 g/mol. The molecule has 0 amide bonds. The van der Waals surface area contributed by atoms with E-state index in [4.69, 9.17) is 37.0 Å². The first-order valence-electron chi connectivity index (χ1n) is 35.2. The summed E-state index contributed by atoms with van der Waals surface area (Å²) in [6.45, 7) is 7.21. The van der Waals surface area contributed by atoms with Crippen LogP contribution in [0.25, 0.3) is 0 Å². The molecular formula is C67H130O17P2. The van der Waals surface area contributed by atoms with Gasteiger partial charge in [-0.15, -0.1) is 0 Å². The van der Waals surface area contributed by atoms with Crippen molar-refractivity contribution in [2.24, 2.45) is 5.92 Å². The van der Waals surface area contributed by atoms with Gasteiger partial charge in [-0.3, -0.25) is 37.3 Å². The van der Waals surface area contributed by atoms with Crippen LogP contribution in [0.5, 0.6) is 0 Å². The molecule has 3 unspecified atom stereocenters. The lowest BCUT2D eigenvalue weighted by Crippen LogP contribution is -2.30. The maximum Gasteiger partial charge on any atom is 0.472 e. The summed E-state index contributed by atoms with van der Waals surface area (Å²) in [5.74, 6) is -1.36. The Morgan fingerprint density at radius 1 is 0.326 bits per heavy atom. The molecular weight excluding hydrogens is 1140 g/mol. The molecule has 0 rings (SSSR count). The van der Waals surface area contributed by atoms with Gasteiger partial charge in [-0.25, -0.2) is 9.13 Å². The normalized spacial score (nSPS) is 14.5. The number of carbonyl (C=O) groups excluding carboxylic acids is 4. The minimum Gasteiger partial charge on any atom is -0.462 e. The van der Waals surface area contributed by atoms with Gasteiger partial charge in [0.15, 0.2) is 12.2 Å². The standard InChI is InChI=1S/C67H130O17P2/c1-6-10-13-16-19-22-25-28-30-36-41-46-51-65(70)78-57-63(84-67(72)53-48-43-38-33-32-34-39-44-49-60(5)9-4)59-82-86(75,76)80-55-61(68)54-79-85(73,74)81-58-62(83-66(71)52-47-42-37-31-27-24-21-18-15-12-8-3)56-77-64(69)50-45-40-35-29-26-23-20-17-14-11-7-2/h60-63,68H,6-59H2,1-5H3,(H,73,74)(H,75,76)/t60?,61-,62+,63+/m0/s1. The van der Waals surface area contributed by atoms with Crippen LogP contribution in [0.4, 0.5) is 0 Å². The Labute approximate surface area is 524 Å². The van der Waals surface area contributed by atoms with E-state index < -0.39 is 97.5 Å². The van der Waals surface area contributed by atoms with Crippen molar-refractivity contribution in [3.05, 3.63) is 0 Å². The predicted molar refractivity (Wildman–Crippen MR) is 345 cm³/mol. The van der Waals surface area contributed by atoms with Crippen molar-refractivity contribution in [2.45, 2.75) is 361 Å². The summed E-state index contributed by atoms with van der Waals surface area (Å²) in [7, 11) is -9.89. The first-order chi connectivity index (χ1) is 41.6. The lowest BCUT2D eigenvalue weighted by molar-refractivity contribution is -0.161. The molecule has 0 aromatic heterocycles. The summed E-state index contributed by atoms with van der Waals surface area (Å²) < 4.78 is 68.1. The number of ether oxygens (including phenoxy) is 4. The van der Waals surface area contributed by atoms with E-state index in [1.54, 1.807) is 0 Å². The van der Waals surface area contributed by atoms with E-state index in [1.165, 1.54) is 167 Å². The molecule has 0 spiro atoms. The van der Waals surface area contributed by atoms with E-state index >= 15 is 0 Å². The lowest BCUT2D eigenvalue weighted by Gasteiger charge is -2.21. The molecule has 0 heterocycles. The fourth-order valence-corrected chi connectivity index (χ4v) is 11.7. The zero-order valence-electron chi connectivity index (χ0n) is 55.4. The summed E-state index contributed by atoms with van der Waals surface area (Å²) in [6, 6.07) is 0. The summed E-state index contributed by atoms with van der Waals surface area (Å²) >= 11 is 0. The van der Waals surface area contributed by atoms with Crippen LogP contribution in [0.15, 0.2) is 0 Å². The van der Waals surface area contributed by atoms with Gasteiger partial charge in [0.25, 0.3) is 0 Å². The molecule has 0 bridgehead atoms. The lowest BCUT2D eigenvalue weighted by atomic mass is 9.99. The first-order valence-corrected chi connectivity index (χ1v) is 38.2. The molecule has 0 aliphatic carbocycles. The Morgan fingerprint density at radius 2 is 0.558 bits per heavy atom. The second-order valence-corrected chi connectivity index (χ2v) is 27.4. The summed E-state index contributed by atoms with van der Waals surface area (Å²) in [5.41, 5.74) is 0. The number of rotatable bonds is 67. The van der Waals surface area contributed by atoms with Gasteiger partial charge >= 0.3 is 39.5 Å². The Balaban J connectivity index is 5.25. The van der Waals surface area contributed by atoms with Gasteiger partial charge in [-0.2, -0.15) is 0 Å². The van der Waals surface area contributed by atoms with E-state index in [9.17, 15) is 43.2 Å². The number of unbranched alkanes of at least 4 members (excludes halogenated alkanes) is 38. The summed E-state index contributed by atoms with van der Waals surface area (Å²) in [5, 5.41) is 10.6. The molecule has 19 heteroatoms. The van der Waals surface area contributed by atoms with Gasteiger partial charge < -0.3 is 33.8 Å². The highest BCUT2D eigenvalue weighted by Gasteiger charge is 2.30. The van der Waals surface area contributed by atoms with Gasteiger partial charge in [0.1, 0.15) is 19.3 Å². The largest absolute Gasteiger partial charge is 0.472 e. The third kappa shape index (κ3) is 59.7. The molecule has 0 radical (unpaired) electrons. The molecule has 0 aliphatic heterocycles. The number of phosphoric acid groups is 2. The zero-order valence-corrected chi connectivity index (χ0v) is 57.2. The summed E-state index contributed by atoms with van der Waals surface area (Å²) in [6.07, 6.45) is 45.6. The molecule has 0 fully saturated rings. The minimum absolute atomic E-state index is 0.106. The van der Waals surface area contributed by atoms with Gasteiger partial charge in [-0.1, -0.05) is 291 Å². The third-order valence-electron chi connectivity index (χ3n) is 15.9. The molecule has 0 aromatic rings. The first kappa shape index (κ1) is 84.1. The number of esters is 4. The van der Waals surface area contributed by atoms with E-state index in [-0.39, 0.29) is 25.7 Å². The van der Waals surface area contributed by atoms with Crippen molar-refractivity contribution in [2.75, 3.05) is 39.6 Å². The van der Waals surface area contributed by atoms with Crippen LogP contribution >= 0.6 is 15.6 Å². The number of aliphatic hydroxyl groups excluding tert-OH is 1. The quantitative estimate of drug-likeness (QED) is 0.0222. The van der Waals surface area contributed by atoms with Crippen LogP contribution in [0.2, 0.25) is 0 Å². The topological polar surface area (TPSA) is 237 Å². The Morgan fingerprint density at radius 3 is 0.826 bits per heavy atom. The molecule has 17 nitrogen and oxygen atoms in total. The van der Waals surface area contributed by atoms with Gasteiger partial charge in [0.2, 0.25) is 0 Å². The van der Waals surface area contributed by atoms with Crippen molar-refractivity contribution in [1.29, 1.82) is 0 Å². The van der Waals surface area contributed by atoms with Crippen LogP contribution < -0.4 is 0 Å².